The Hall–Kier alpha value is -1.40. The molecule has 1 aliphatic heterocycles. The molecule has 0 aromatic heterocycles. The molecule has 0 saturated carbocycles. The fraction of sp³-hybridized carbons (Fsp3) is 0.562. The molecule has 4 nitrogen and oxygen atoms in total. The van der Waals surface area contributed by atoms with E-state index in [-0.39, 0.29) is 12.0 Å². The van der Waals surface area contributed by atoms with Gasteiger partial charge in [0.25, 0.3) is 0 Å². The second kappa shape index (κ2) is 6.79. The molecular formula is C16H24BFO4. The number of carboxylic acid groups (broad SMARTS) is 1. The molecule has 0 amide bonds. The zero-order valence-corrected chi connectivity index (χ0v) is 14.1. The summed E-state index contributed by atoms with van der Waals surface area (Å²) in [5.74, 6) is -1.62. The van der Waals surface area contributed by atoms with E-state index in [1.54, 1.807) is 6.07 Å². The van der Waals surface area contributed by atoms with Crippen molar-refractivity contribution in [3.63, 3.8) is 0 Å². The van der Waals surface area contributed by atoms with Gasteiger partial charge in [0.2, 0.25) is 0 Å². The summed E-state index contributed by atoms with van der Waals surface area (Å²) in [6.45, 7) is 11.7. The van der Waals surface area contributed by atoms with Crippen molar-refractivity contribution < 1.29 is 23.6 Å². The lowest BCUT2D eigenvalue weighted by Crippen LogP contribution is -2.41. The Morgan fingerprint density at radius 3 is 2.09 bits per heavy atom. The third-order valence-electron chi connectivity index (χ3n) is 3.94. The Kier molecular flexibility index (Phi) is 5.76. The van der Waals surface area contributed by atoms with E-state index in [1.165, 1.54) is 12.1 Å². The van der Waals surface area contributed by atoms with Crippen LogP contribution < -0.4 is 5.46 Å². The molecule has 1 N–H and O–H groups in total. The Balaban J connectivity index is 0.00000116. The third kappa shape index (κ3) is 3.87. The molecule has 2 rings (SSSR count). The molecule has 1 fully saturated rings. The Morgan fingerprint density at radius 2 is 1.68 bits per heavy atom. The summed E-state index contributed by atoms with van der Waals surface area (Å²) in [4.78, 5) is 10.6. The molecule has 6 heteroatoms. The molecule has 1 aromatic carbocycles. The van der Waals surface area contributed by atoms with Crippen molar-refractivity contribution in [2.24, 2.45) is 0 Å². The Labute approximate surface area is 131 Å². The highest BCUT2D eigenvalue weighted by molar-refractivity contribution is 6.62. The van der Waals surface area contributed by atoms with Crippen LogP contribution >= 0.6 is 0 Å². The van der Waals surface area contributed by atoms with Crippen LogP contribution in [0.2, 0.25) is 0 Å². The van der Waals surface area contributed by atoms with Crippen LogP contribution in [0.1, 0.15) is 47.1 Å². The van der Waals surface area contributed by atoms with Crippen molar-refractivity contribution in [3.05, 3.63) is 29.6 Å². The first-order valence-electron chi connectivity index (χ1n) is 7.48. The first kappa shape index (κ1) is 18.7. The van der Waals surface area contributed by atoms with E-state index >= 15 is 0 Å². The lowest BCUT2D eigenvalue weighted by Gasteiger charge is -2.32. The van der Waals surface area contributed by atoms with Crippen molar-refractivity contribution in [1.82, 2.24) is 0 Å². The normalized spacial score (nSPS) is 18.6. The Bertz CT molecular complexity index is 527. The summed E-state index contributed by atoms with van der Waals surface area (Å²) in [6, 6.07) is 4.38. The summed E-state index contributed by atoms with van der Waals surface area (Å²) in [7, 11) is -0.645. The molecule has 1 aromatic rings. The second-order valence-electron chi connectivity index (χ2n) is 6.01. The molecular weight excluding hydrogens is 286 g/mol. The molecule has 22 heavy (non-hydrogen) atoms. The minimum Gasteiger partial charge on any atom is -0.481 e. The van der Waals surface area contributed by atoms with E-state index in [2.05, 4.69) is 0 Å². The summed E-state index contributed by atoms with van der Waals surface area (Å²) in [6.07, 6.45) is -0.338. The van der Waals surface area contributed by atoms with Gasteiger partial charge in [-0.15, -0.1) is 0 Å². The fourth-order valence-electron chi connectivity index (χ4n) is 2.00. The molecule has 0 aliphatic carbocycles. The smallest absolute Gasteiger partial charge is 0.481 e. The minimum absolute atomic E-state index is 0.151. The first-order chi connectivity index (χ1) is 10.1. The quantitative estimate of drug-likeness (QED) is 0.872. The number of hydrogen-bond acceptors (Lipinski definition) is 3. The fourth-order valence-corrected chi connectivity index (χ4v) is 2.00. The van der Waals surface area contributed by atoms with E-state index in [9.17, 15) is 9.18 Å². The van der Waals surface area contributed by atoms with Gasteiger partial charge in [-0.2, -0.15) is 0 Å². The van der Waals surface area contributed by atoms with E-state index in [1.807, 2.05) is 41.5 Å². The monoisotopic (exact) mass is 310 g/mol. The van der Waals surface area contributed by atoms with Crippen LogP contribution in [-0.4, -0.2) is 29.4 Å². The zero-order chi connectivity index (χ0) is 17.1. The number of hydrogen-bond donors (Lipinski definition) is 1. The van der Waals surface area contributed by atoms with Crippen molar-refractivity contribution in [3.8, 4) is 0 Å². The van der Waals surface area contributed by atoms with Gasteiger partial charge in [0.1, 0.15) is 5.82 Å². The minimum atomic E-state index is -1.06. The molecule has 0 atom stereocenters. The number of benzene rings is 1. The number of aliphatic carboxylic acids is 1. The van der Waals surface area contributed by atoms with Crippen molar-refractivity contribution in [2.45, 2.75) is 59.2 Å². The molecule has 1 heterocycles. The highest BCUT2D eigenvalue weighted by Crippen LogP contribution is 2.36. The van der Waals surface area contributed by atoms with E-state index < -0.39 is 30.1 Å². The largest absolute Gasteiger partial charge is 0.494 e. The van der Waals surface area contributed by atoms with Crippen LogP contribution in [0, 0.1) is 5.82 Å². The maximum absolute atomic E-state index is 13.9. The van der Waals surface area contributed by atoms with Gasteiger partial charge in [0.05, 0.1) is 17.6 Å². The van der Waals surface area contributed by atoms with Gasteiger partial charge in [-0.3, -0.25) is 4.79 Å². The van der Waals surface area contributed by atoms with Gasteiger partial charge in [0.15, 0.2) is 0 Å². The van der Waals surface area contributed by atoms with Crippen molar-refractivity contribution in [2.75, 3.05) is 0 Å². The van der Waals surface area contributed by atoms with Crippen LogP contribution in [0.15, 0.2) is 18.2 Å². The molecule has 0 spiro atoms. The average molecular weight is 310 g/mol. The van der Waals surface area contributed by atoms with Crippen LogP contribution in [-0.2, 0) is 20.5 Å². The average Bonchev–Trinajstić information content (AvgIpc) is 2.63. The summed E-state index contributed by atoms with van der Waals surface area (Å²) in [5, 5.41) is 8.69. The van der Waals surface area contributed by atoms with Crippen LogP contribution in [0.4, 0.5) is 4.39 Å². The summed E-state index contributed by atoms with van der Waals surface area (Å²) >= 11 is 0. The second-order valence-corrected chi connectivity index (χ2v) is 6.01. The number of rotatable bonds is 3. The molecule has 0 radical (unpaired) electrons. The number of carboxylic acids is 1. The van der Waals surface area contributed by atoms with E-state index in [4.69, 9.17) is 14.4 Å². The number of halogens is 1. The van der Waals surface area contributed by atoms with Gasteiger partial charge in [-0.05, 0) is 44.8 Å². The van der Waals surface area contributed by atoms with Gasteiger partial charge < -0.3 is 14.4 Å². The predicted octanol–water partition coefficient (Wildman–Crippen LogP) is 2.78. The molecule has 0 bridgehead atoms. The maximum Gasteiger partial charge on any atom is 0.494 e. The lowest BCUT2D eigenvalue weighted by molar-refractivity contribution is -0.136. The topological polar surface area (TPSA) is 55.8 Å². The van der Waals surface area contributed by atoms with Crippen LogP contribution in [0.3, 0.4) is 0 Å². The lowest BCUT2D eigenvalue weighted by atomic mass is 9.78. The van der Waals surface area contributed by atoms with Gasteiger partial charge in [-0.25, -0.2) is 4.39 Å². The first-order valence-corrected chi connectivity index (χ1v) is 7.48. The predicted molar refractivity (Wildman–Crippen MR) is 84.8 cm³/mol. The molecule has 122 valence electrons. The number of carbonyl (C=O) groups is 1. The highest BCUT2D eigenvalue weighted by Gasteiger charge is 2.51. The highest BCUT2D eigenvalue weighted by atomic mass is 19.1. The Morgan fingerprint density at radius 1 is 1.18 bits per heavy atom. The van der Waals surface area contributed by atoms with Gasteiger partial charge in [-0.1, -0.05) is 26.0 Å². The summed E-state index contributed by atoms with van der Waals surface area (Å²) in [5.41, 5.74) is -0.282. The third-order valence-corrected chi connectivity index (χ3v) is 3.94. The molecule has 1 saturated heterocycles. The van der Waals surface area contributed by atoms with Gasteiger partial charge in [0, 0.05) is 0 Å². The van der Waals surface area contributed by atoms with Crippen LogP contribution in [0.25, 0.3) is 0 Å². The molecule has 1 aliphatic rings. The summed E-state index contributed by atoms with van der Waals surface area (Å²) < 4.78 is 25.5. The maximum atomic E-state index is 13.9. The van der Waals surface area contributed by atoms with Crippen molar-refractivity contribution >= 4 is 18.6 Å². The van der Waals surface area contributed by atoms with Gasteiger partial charge >= 0.3 is 13.1 Å². The van der Waals surface area contributed by atoms with E-state index in [0.29, 0.717) is 5.46 Å². The van der Waals surface area contributed by atoms with Crippen LogP contribution in [0.5, 0.6) is 0 Å². The SMILES string of the molecule is CC.CC1(C)OB(c2ccc(CC(=O)O)c(F)c2)OC1(C)C. The van der Waals surface area contributed by atoms with Crippen molar-refractivity contribution in [1.29, 1.82) is 0 Å². The standard InChI is InChI=1S/C14H18BFO4.C2H6/c1-13(2)14(3,4)20-15(19-13)10-6-5-9(7-12(17)18)11(16)8-10;1-2/h5-6,8H,7H2,1-4H3,(H,17,18);1-2H3. The zero-order valence-electron chi connectivity index (χ0n) is 14.1. The van der Waals surface area contributed by atoms with E-state index in [0.717, 1.165) is 0 Å². The molecule has 0 unspecified atom stereocenters.